The summed E-state index contributed by atoms with van der Waals surface area (Å²) >= 11 is 0. The van der Waals surface area contributed by atoms with Crippen LogP contribution in [0.4, 0.5) is 0 Å². The first kappa shape index (κ1) is 13.2. The van der Waals surface area contributed by atoms with Crippen LogP contribution in [0, 0.1) is 5.41 Å². The molecule has 1 atom stereocenters. The summed E-state index contributed by atoms with van der Waals surface area (Å²) in [7, 11) is 0. The summed E-state index contributed by atoms with van der Waals surface area (Å²) in [6.07, 6.45) is 1.70. The van der Waals surface area contributed by atoms with Crippen molar-refractivity contribution in [3.8, 4) is 11.5 Å². The Labute approximate surface area is 109 Å². The van der Waals surface area contributed by atoms with E-state index in [0.29, 0.717) is 12.0 Å². The van der Waals surface area contributed by atoms with Gasteiger partial charge in [-0.3, -0.25) is 0 Å². The van der Waals surface area contributed by atoms with E-state index >= 15 is 0 Å². The standard InChI is InChI=1S/C15H22O3/c1-15(2,3)7-4-8-17-11-5-6-12-13(16)10-18-14(12)9-11/h5-6,9,13,16H,4,7-8,10H2,1-3H3. The topological polar surface area (TPSA) is 38.7 Å². The number of fused-ring (bicyclic) bond motifs is 1. The third-order valence-corrected chi connectivity index (χ3v) is 3.08. The van der Waals surface area contributed by atoms with Crippen molar-refractivity contribution in [2.24, 2.45) is 5.41 Å². The van der Waals surface area contributed by atoms with Gasteiger partial charge in [-0.05, 0) is 30.4 Å². The Hall–Kier alpha value is -1.22. The average Bonchev–Trinajstić information content (AvgIpc) is 2.65. The Bertz CT molecular complexity index is 407. The van der Waals surface area contributed by atoms with Gasteiger partial charge in [0.15, 0.2) is 0 Å². The summed E-state index contributed by atoms with van der Waals surface area (Å²) in [6, 6.07) is 5.64. The molecule has 0 fully saturated rings. The lowest BCUT2D eigenvalue weighted by molar-refractivity contribution is 0.140. The molecular weight excluding hydrogens is 228 g/mol. The second-order valence-electron chi connectivity index (χ2n) is 6.04. The first-order valence-electron chi connectivity index (χ1n) is 6.53. The highest BCUT2D eigenvalue weighted by molar-refractivity contribution is 5.44. The van der Waals surface area contributed by atoms with Crippen LogP contribution in [0.25, 0.3) is 0 Å². The van der Waals surface area contributed by atoms with Crippen LogP contribution in [-0.2, 0) is 0 Å². The van der Waals surface area contributed by atoms with E-state index in [4.69, 9.17) is 9.47 Å². The van der Waals surface area contributed by atoms with Gasteiger partial charge in [-0.25, -0.2) is 0 Å². The second kappa shape index (κ2) is 5.19. The molecule has 0 saturated heterocycles. The van der Waals surface area contributed by atoms with Crippen molar-refractivity contribution in [1.82, 2.24) is 0 Å². The van der Waals surface area contributed by atoms with Crippen molar-refractivity contribution in [2.45, 2.75) is 39.7 Å². The number of aliphatic hydroxyl groups is 1. The quantitative estimate of drug-likeness (QED) is 0.833. The van der Waals surface area contributed by atoms with Crippen molar-refractivity contribution >= 4 is 0 Å². The van der Waals surface area contributed by atoms with Gasteiger partial charge in [0.1, 0.15) is 24.2 Å². The van der Waals surface area contributed by atoms with Gasteiger partial charge >= 0.3 is 0 Å². The Balaban J connectivity index is 1.84. The Kier molecular flexibility index (Phi) is 3.81. The van der Waals surface area contributed by atoms with Crippen molar-refractivity contribution in [3.05, 3.63) is 23.8 Å². The van der Waals surface area contributed by atoms with Gasteiger partial charge in [-0.2, -0.15) is 0 Å². The number of hydrogen-bond acceptors (Lipinski definition) is 3. The fraction of sp³-hybridized carbons (Fsp3) is 0.600. The summed E-state index contributed by atoms with van der Waals surface area (Å²) in [5, 5.41) is 9.61. The lowest BCUT2D eigenvalue weighted by Crippen LogP contribution is -2.07. The van der Waals surface area contributed by atoms with Crippen LogP contribution in [0.3, 0.4) is 0 Å². The molecule has 0 bridgehead atoms. The molecule has 0 saturated carbocycles. The maximum atomic E-state index is 9.61. The van der Waals surface area contributed by atoms with E-state index in [-0.39, 0.29) is 0 Å². The third-order valence-electron chi connectivity index (χ3n) is 3.08. The van der Waals surface area contributed by atoms with Gasteiger partial charge in [-0.15, -0.1) is 0 Å². The van der Waals surface area contributed by atoms with E-state index in [1.54, 1.807) is 0 Å². The van der Waals surface area contributed by atoms with Crippen LogP contribution in [0.15, 0.2) is 18.2 Å². The first-order chi connectivity index (χ1) is 8.46. The predicted molar refractivity (Wildman–Crippen MR) is 71.1 cm³/mol. The predicted octanol–water partition coefficient (Wildman–Crippen LogP) is 3.32. The van der Waals surface area contributed by atoms with E-state index in [1.807, 2.05) is 18.2 Å². The van der Waals surface area contributed by atoms with Crippen molar-refractivity contribution in [1.29, 1.82) is 0 Å². The van der Waals surface area contributed by atoms with Gasteiger partial charge < -0.3 is 14.6 Å². The van der Waals surface area contributed by atoms with Gasteiger partial charge in [-0.1, -0.05) is 20.8 Å². The number of benzene rings is 1. The molecule has 2 rings (SSSR count). The summed E-state index contributed by atoms with van der Waals surface area (Å²) in [6.45, 7) is 7.77. The van der Waals surface area contributed by atoms with Gasteiger partial charge in [0.2, 0.25) is 0 Å². The zero-order chi connectivity index (χ0) is 13.2. The molecule has 0 amide bonds. The molecule has 1 aromatic rings. The summed E-state index contributed by atoms with van der Waals surface area (Å²) in [5.74, 6) is 1.56. The normalized spacial score (nSPS) is 18.3. The molecule has 3 heteroatoms. The maximum Gasteiger partial charge on any atom is 0.129 e. The fourth-order valence-electron chi connectivity index (χ4n) is 2.06. The summed E-state index contributed by atoms with van der Waals surface area (Å²) < 4.78 is 11.1. The molecule has 100 valence electrons. The van der Waals surface area contributed by atoms with E-state index in [0.717, 1.165) is 36.5 Å². The Morgan fingerprint density at radius 3 is 2.89 bits per heavy atom. The average molecular weight is 250 g/mol. The molecule has 1 aliphatic heterocycles. The molecule has 0 spiro atoms. The second-order valence-corrected chi connectivity index (χ2v) is 6.04. The molecule has 18 heavy (non-hydrogen) atoms. The van der Waals surface area contributed by atoms with Gasteiger partial charge in [0.05, 0.1) is 6.61 Å². The molecule has 3 nitrogen and oxygen atoms in total. The first-order valence-corrected chi connectivity index (χ1v) is 6.53. The highest BCUT2D eigenvalue weighted by Crippen LogP contribution is 2.35. The largest absolute Gasteiger partial charge is 0.493 e. The highest BCUT2D eigenvalue weighted by atomic mass is 16.5. The van der Waals surface area contributed by atoms with Crippen LogP contribution < -0.4 is 9.47 Å². The summed E-state index contributed by atoms with van der Waals surface area (Å²) in [5.41, 5.74) is 1.21. The van der Waals surface area contributed by atoms with Gasteiger partial charge in [0, 0.05) is 11.6 Å². The van der Waals surface area contributed by atoms with E-state index in [1.165, 1.54) is 0 Å². The SMILES string of the molecule is CC(C)(C)CCCOc1ccc2c(c1)OCC2O. The zero-order valence-electron chi connectivity index (χ0n) is 11.4. The van der Waals surface area contributed by atoms with Crippen molar-refractivity contribution in [2.75, 3.05) is 13.2 Å². The molecule has 0 aliphatic carbocycles. The molecule has 1 aliphatic rings. The monoisotopic (exact) mass is 250 g/mol. The molecule has 1 aromatic carbocycles. The van der Waals surface area contributed by atoms with E-state index < -0.39 is 6.10 Å². The maximum absolute atomic E-state index is 9.61. The number of aliphatic hydroxyl groups excluding tert-OH is 1. The minimum Gasteiger partial charge on any atom is -0.493 e. The number of rotatable bonds is 4. The molecule has 1 N–H and O–H groups in total. The van der Waals surface area contributed by atoms with Crippen LogP contribution in [0.2, 0.25) is 0 Å². The minimum atomic E-state index is -0.491. The van der Waals surface area contributed by atoms with Crippen molar-refractivity contribution < 1.29 is 14.6 Å². The van der Waals surface area contributed by atoms with Crippen LogP contribution in [0.1, 0.15) is 45.3 Å². The van der Waals surface area contributed by atoms with Crippen LogP contribution in [-0.4, -0.2) is 18.3 Å². The van der Waals surface area contributed by atoms with Crippen molar-refractivity contribution in [3.63, 3.8) is 0 Å². The molecule has 1 heterocycles. The van der Waals surface area contributed by atoms with Crippen LogP contribution in [0.5, 0.6) is 11.5 Å². The lowest BCUT2D eigenvalue weighted by atomic mass is 9.91. The van der Waals surface area contributed by atoms with E-state index in [2.05, 4.69) is 20.8 Å². The lowest BCUT2D eigenvalue weighted by Gasteiger charge is -2.17. The number of ether oxygens (including phenoxy) is 2. The highest BCUT2D eigenvalue weighted by Gasteiger charge is 2.22. The zero-order valence-corrected chi connectivity index (χ0v) is 11.4. The third kappa shape index (κ3) is 3.39. The smallest absolute Gasteiger partial charge is 0.129 e. The van der Waals surface area contributed by atoms with Gasteiger partial charge in [0.25, 0.3) is 0 Å². The van der Waals surface area contributed by atoms with Crippen LogP contribution >= 0.6 is 0 Å². The molecule has 0 aromatic heterocycles. The Morgan fingerprint density at radius 1 is 1.39 bits per heavy atom. The minimum absolute atomic E-state index is 0.350. The Morgan fingerprint density at radius 2 is 2.17 bits per heavy atom. The fourth-order valence-corrected chi connectivity index (χ4v) is 2.06. The summed E-state index contributed by atoms with van der Waals surface area (Å²) in [4.78, 5) is 0. The number of hydrogen-bond donors (Lipinski definition) is 1. The molecule has 1 unspecified atom stereocenters. The molecule has 0 radical (unpaired) electrons. The molecular formula is C15H22O3. The van der Waals surface area contributed by atoms with E-state index in [9.17, 15) is 5.11 Å².